The smallest absolute Gasteiger partial charge is 0.250 e. The quantitative estimate of drug-likeness (QED) is 0.173. The van der Waals surface area contributed by atoms with E-state index in [1.54, 1.807) is 18.0 Å². The fraction of sp³-hybridized carbons (Fsp3) is 0.0909. The van der Waals surface area contributed by atoms with E-state index in [2.05, 4.69) is 79.1 Å². The fourth-order valence-electron chi connectivity index (χ4n) is 2.80. The van der Waals surface area contributed by atoms with Crippen molar-refractivity contribution in [2.75, 3.05) is 5.75 Å². The minimum absolute atomic E-state index is 0.184. The van der Waals surface area contributed by atoms with E-state index in [0.29, 0.717) is 0 Å². The molecule has 0 spiro atoms. The molecule has 0 fully saturated rings. The third-order valence-electron chi connectivity index (χ3n) is 4.20. The van der Waals surface area contributed by atoms with Crippen LogP contribution < -0.4 is 5.43 Å². The van der Waals surface area contributed by atoms with Gasteiger partial charge in [-0.3, -0.25) is 4.79 Å². The summed E-state index contributed by atoms with van der Waals surface area (Å²) in [4.78, 5) is 12.0. The molecular formula is C22H17BrN4OS3. The molecule has 1 amide bonds. The molecule has 1 heterocycles. The second-order valence-electron chi connectivity index (χ2n) is 6.40. The van der Waals surface area contributed by atoms with Crippen molar-refractivity contribution in [1.82, 2.24) is 15.6 Å². The summed E-state index contributed by atoms with van der Waals surface area (Å²) in [6.45, 7) is 0. The highest BCUT2D eigenvalue weighted by atomic mass is 79.9. The Kier molecular flexibility index (Phi) is 7.74. The van der Waals surface area contributed by atoms with Gasteiger partial charge < -0.3 is 0 Å². The third kappa shape index (κ3) is 6.39. The number of hydrogen-bond acceptors (Lipinski definition) is 7. The lowest BCUT2D eigenvalue weighted by molar-refractivity contribution is -0.118. The van der Waals surface area contributed by atoms with E-state index in [4.69, 9.17) is 0 Å². The number of nitrogens with one attached hydrogen (secondary N) is 1. The van der Waals surface area contributed by atoms with Gasteiger partial charge in [0.25, 0.3) is 5.91 Å². The number of carbonyl (C=O) groups excluding carboxylic acids is 1. The van der Waals surface area contributed by atoms with Gasteiger partial charge >= 0.3 is 0 Å². The minimum Gasteiger partial charge on any atom is -0.272 e. The molecule has 1 N–H and O–H groups in total. The molecule has 0 aliphatic rings. The number of thioether (sulfide) groups is 2. The van der Waals surface area contributed by atoms with Crippen LogP contribution in [0, 0.1) is 0 Å². The highest BCUT2D eigenvalue weighted by molar-refractivity contribution is 9.10. The van der Waals surface area contributed by atoms with E-state index in [1.807, 2.05) is 24.3 Å². The van der Waals surface area contributed by atoms with E-state index >= 15 is 0 Å². The van der Waals surface area contributed by atoms with Crippen molar-refractivity contribution in [3.8, 4) is 0 Å². The lowest BCUT2D eigenvalue weighted by atomic mass is 10.1. The average molecular weight is 530 g/mol. The maximum atomic E-state index is 12.0. The number of carbonyl (C=O) groups is 1. The number of nitrogens with zero attached hydrogens (tertiary/aromatic N) is 3. The molecule has 0 saturated heterocycles. The van der Waals surface area contributed by atoms with Gasteiger partial charge in [-0.15, -0.1) is 10.2 Å². The molecule has 9 heteroatoms. The summed E-state index contributed by atoms with van der Waals surface area (Å²) in [6.07, 6.45) is 1.61. The van der Waals surface area contributed by atoms with Crippen molar-refractivity contribution < 1.29 is 4.79 Å². The van der Waals surface area contributed by atoms with Crippen LogP contribution in [0.1, 0.15) is 11.1 Å². The lowest BCUT2D eigenvalue weighted by Gasteiger charge is -2.04. The van der Waals surface area contributed by atoms with Gasteiger partial charge in [0.1, 0.15) is 0 Å². The zero-order valence-electron chi connectivity index (χ0n) is 16.2. The molecule has 4 rings (SSSR count). The van der Waals surface area contributed by atoms with Crippen LogP contribution >= 0.6 is 50.8 Å². The molecule has 0 bridgehead atoms. The summed E-state index contributed by atoms with van der Waals surface area (Å²) in [5.41, 5.74) is 4.71. The molecule has 5 nitrogen and oxygen atoms in total. The predicted molar refractivity (Wildman–Crippen MR) is 134 cm³/mol. The van der Waals surface area contributed by atoms with Crippen LogP contribution in [-0.4, -0.2) is 28.1 Å². The Labute approximate surface area is 200 Å². The SMILES string of the molecule is O=C(CSc1nnc(SCc2cccc3ccccc23)s1)N/N=C/c1cccc(Br)c1. The second-order valence-corrected chi connectivity index (χ2v) is 10.7. The van der Waals surface area contributed by atoms with E-state index in [-0.39, 0.29) is 11.7 Å². The molecule has 3 aromatic carbocycles. The monoisotopic (exact) mass is 528 g/mol. The lowest BCUT2D eigenvalue weighted by Crippen LogP contribution is -2.19. The summed E-state index contributed by atoms with van der Waals surface area (Å²) >= 11 is 7.93. The maximum absolute atomic E-state index is 12.0. The molecular weight excluding hydrogens is 512 g/mol. The van der Waals surface area contributed by atoms with E-state index < -0.39 is 0 Å². The average Bonchev–Trinajstić information content (AvgIpc) is 3.24. The van der Waals surface area contributed by atoms with Crippen LogP contribution in [0.15, 0.2) is 85.0 Å². The Morgan fingerprint density at radius 1 is 1.03 bits per heavy atom. The van der Waals surface area contributed by atoms with Crippen LogP contribution in [0.2, 0.25) is 0 Å². The summed E-state index contributed by atoms with van der Waals surface area (Å²) in [7, 11) is 0. The normalized spacial score (nSPS) is 11.3. The molecule has 0 radical (unpaired) electrons. The van der Waals surface area contributed by atoms with Gasteiger partial charge in [0.05, 0.1) is 12.0 Å². The molecule has 0 unspecified atom stereocenters. The number of fused-ring (bicyclic) bond motifs is 1. The summed E-state index contributed by atoms with van der Waals surface area (Å²) in [6, 6.07) is 22.4. The van der Waals surface area contributed by atoms with Gasteiger partial charge in [0, 0.05) is 10.2 Å². The predicted octanol–water partition coefficient (Wildman–Crippen LogP) is 5.99. The maximum Gasteiger partial charge on any atom is 0.250 e. The van der Waals surface area contributed by atoms with Crippen molar-refractivity contribution in [2.45, 2.75) is 14.4 Å². The van der Waals surface area contributed by atoms with Crippen molar-refractivity contribution >= 4 is 73.7 Å². The minimum atomic E-state index is -0.184. The Morgan fingerprint density at radius 3 is 2.68 bits per heavy atom. The van der Waals surface area contributed by atoms with Crippen LogP contribution in [0.4, 0.5) is 0 Å². The Hall–Kier alpha value is -2.20. The summed E-state index contributed by atoms with van der Waals surface area (Å²) in [5.74, 6) is 0.876. The third-order valence-corrected chi connectivity index (χ3v) is 7.93. The zero-order valence-corrected chi connectivity index (χ0v) is 20.2. The highest BCUT2D eigenvalue weighted by Crippen LogP contribution is 2.32. The van der Waals surface area contributed by atoms with Crippen molar-refractivity contribution in [1.29, 1.82) is 0 Å². The number of rotatable bonds is 8. The molecule has 4 aromatic rings. The molecule has 31 heavy (non-hydrogen) atoms. The van der Waals surface area contributed by atoms with Crippen LogP contribution in [0.25, 0.3) is 10.8 Å². The molecule has 0 aliphatic carbocycles. The molecule has 0 saturated carbocycles. The van der Waals surface area contributed by atoms with Gasteiger partial charge in [-0.2, -0.15) is 5.10 Å². The standard InChI is InChI=1S/C22H17BrN4OS3/c23-18-9-3-5-15(11-18)12-24-25-20(28)14-30-22-27-26-21(31-22)29-13-17-8-4-7-16-6-1-2-10-19(16)17/h1-12H,13-14H2,(H,25,28)/b24-12+. The van der Waals surface area contributed by atoms with Crippen LogP contribution in [-0.2, 0) is 10.5 Å². The Morgan fingerprint density at radius 2 is 1.81 bits per heavy atom. The Balaban J connectivity index is 1.25. The zero-order chi connectivity index (χ0) is 21.5. The largest absolute Gasteiger partial charge is 0.272 e. The fourth-order valence-corrected chi connectivity index (χ4v) is 6.03. The number of halogens is 1. The first kappa shape index (κ1) is 22.0. The summed E-state index contributed by atoms with van der Waals surface area (Å²) < 4.78 is 2.62. The van der Waals surface area contributed by atoms with Gasteiger partial charge in [0.15, 0.2) is 8.68 Å². The topological polar surface area (TPSA) is 67.2 Å². The van der Waals surface area contributed by atoms with Crippen LogP contribution in [0.5, 0.6) is 0 Å². The van der Waals surface area contributed by atoms with E-state index in [0.717, 1.165) is 24.5 Å². The Bertz CT molecular complexity index is 1220. The molecule has 0 atom stereocenters. The second kappa shape index (κ2) is 10.9. The molecule has 1 aromatic heterocycles. The highest BCUT2D eigenvalue weighted by Gasteiger charge is 2.09. The number of hydrazone groups is 1. The van der Waals surface area contributed by atoms with E-state index in [9.17, 15) is 4.79 Å². The first-order valence-electron chi connectivity index (χ1n) is 9.30. The van der Waals surface area contributed by atoms with Crippen molar-refractivity contribution in [2.24, 2.45) is 5.10 Å². The molecule has 0 aliphatic heterocycles. The number of hydrogen-bond donors (Lipinski definition) is 1. The van der Waals surface area contributed by atoms with Gasteiger partial charge in [-0.05, 0) is 34.0 Å². The number of amides is 1. The number of benzene rings is 3. The molecule has 156 valence electrons. The van der Waals surface area contributed by atoms with E-state index in [1.165, 1.54) is 39.4 Å². The van der Waals surface area contributed by atoms with Crippen LogP contribution in [0.3, 0.4) is 0 Å². The van der Waals surface area contributed by atoms with Gasteiger partial charge in [-0.1, -0.05) is 105 Å². The first-order valence-corrected chi connectivity index (χ1v) is 12.9. The van der Waals surface area contributed by atoms with Crippen molar-refractivity contribution in [3.05, 3.63) is 82.3 Å². The number of aromatic nitrogens is 2. The summed E-state index contributed by atoms with van der Waals surface area (Å²) in [5, 5.41) is 14.9. The van der Waals surface area contributed by atoms with Gasteiger partial charge in [-0.25, -0.2) is 5.43 Å². The van der Waals surface area contributed by atoms with Gasteiger partial charge in [0.2, 0.25) is 0 Å². The first-order chi connectivity index (χ1) is 15.2. The van der Waals surface area contributed by atoms with Crippen molar-refractivity contribution in [3.63, 3.8) is 0 Å².